The Labute approximate surface area is 162 Å². The summed E-state index contributed by atoms with van der Waals surface area (Å²) in [7, 11) is 0. The average Bonchev–Trinajstić information content (AvgIpc) is 3.20. The van der Waals surface area contributed by atoms with E-state index in [0.29, 0.717) is 10.8 Å². The molecule has 1 fully saturated rings. The van der Waals surface area contributed by atoms with Gasteiger partial charge in [-0.15, -0.1) is 11.3 Å². The number of aromatic amines is 1. The molecule has 0 spiro atoms. The van der Waals surface area contributed by atoms with E-state index in [4.69, 9.17) is 4.74 Å². The van der Waals surface area contributed by atoms with Gasteiger partial charge < -0.3 is 9.72 Å². The molecule has 3 aromatic rings. The van der Waals surface area contributed by atoms with Crippen LogP contribution in [0.1, 0.15) is 35.6 Å². The molecular formula is C20H24N4O2S. The van der Waals surface area contributed by atoms with Crippen molar-refractivity contribution in [3.05, 3.63) is 46.6 Å². The molecule has 1 saturated heterocycles. The van der Waals surface area contributed by atoms with E-state index < -0.39 is 0 Å². The summed E-state index contributed by atoms with van der Waals surface area (Å²) in [6, 6.07) is 7.97. The van der Waals surface area contributed by atoms with Crippen LogP contribution in [0.25, 0.3) is 10.9 Å². The van der Waals surface area contributed by atoms with Gasteiger partial charge in [-0.2, -0.15) is 0 Å². The van der Waals surface area contributed by atoms with Gasteiger partial charge in [0.25, 0.3) is 5.91 Å². The first-order valence-electron chi connectivity index (χ1n) is 9.19. The van der Waals surface area contributed by atoms with E-state index in [0.717, 1.165) is 41.8 Å². The highest BCUT2D eigenvalue weighted by Crippen LogP contribution is 2.21. The number of thiazole rings is 1. The van der Waals surface area contributed by atoms with Gasteiger partial charge in [0.15, 0.2) is 5.13 Å². The van der Waals surface area contributed by atoms with Gasteiger partial charge in [-0.1, -0.05) is 12.1 Å². The number of benzene rings is 1. The summed E-state index contributed by atoms with van der Waals surface area (Å²) in [5.74, 6) is -0.168. The zero-order chi connectivity index (χ0) is 19.0. The maximum Gasteiger partial charge on any atom is 0.273 e. The van der Waals surface area contributed by atoms with Crippen LogP contribution in [0, 0.1) is 6.92 Å². The van der Waals surface area contributed by atoms with E-state index in [2.05, 4.69) is 34.0 Å². The van der Waals surface area contributed by atoms with Crippen molar-refractivity contribution in [3.8, 4) is 0 Å². The Hall–Kier alpha value is -2.22. The second-order valence-electron chi connectivity index (χ2n) is 7.32. The van der Waals surface area contributed by atoms with Crippen LogP contribution in [0.3, 0.4) is 0 Å². The van der Waals surface area contributed by atoms with E-state index in [9.17, 15) is 4.79 Å². The molecule has 1 amide bonds. The standard InChI is InChI=1S/C20H24N4O2S/c1-12-4-5-15-7-18(22-17(15)6-12)19(25)23-20-21-16(11-27-20)10-24-8-13(2)26-14(3)9-24/h4-7,11,13-14,22H,8-10H2,1-3H3,(H,21,23,25). The fourth-order valence-electron chi connectivity index (χ4n) is 3.61. The minimum absolute atomic E-state index is 0.168. The number of aromatic nitrogens is 2. The van der Waals surface area contributed by atoms with Crippen LogP contribution in [0.2, 0.25) is 0 Å². The largest absolute Gasteiger partial charge is 0.373 e. The molecule has 6 nitrogen and oxygen atoms in total. The molecule has 4 rings (SSSR count). The SMILES string of the molecule is Cc1ccc2cc(C(=O)Nc3nc(CN4CC(C)OC(C)C4)cs3)[nH]c2c1. The number of nitrogens with one attached hydrogen (secondary N) is 2. The third-order valence-corrected chi connectivity index (χ3v) is 5.48. The van der Waals surface area contributed by atoms with Crippen molar-refractivity contribution in [1.29, 1.82) is 0 Å². The number of morpholine rings is 1. The molecule has 2 unspecified atom stereocenters. The van der Waals surface area contributed by atoms with Crippen molar-refractivity contribution in [2.75, 3.05) is 18.4 Å². The van der Waals surface area contributed by atoms with Crippen LogP contribution in [0.5, 0.6) is 0 Å². The molecule has 0 bridgehead atoms. The number of rotatable bonds is 4. The van der Waals surface area contributed by atoms with E-state index in [1.54, 1.807) is 0 Å². The smallest absolute Gasteiger partial charge is 0.273 e. The Morgan fingerprint density at radius 1 is 1.33 bits per heavy atom. The van der Waals surface area contributed by atoms with Crippen LogP contribution in [-0.2, 0) is 11.3 Å². The highest BCUT2D eigenvalue weighted by molar-refractivity contribution is 7.13. The zero-order valence-electron chi connectivity index (χ0n) is 15.8. The molecule has 0 radical (unpaired) electrons. The monoisotopic (exact) mass is 384 g/mol. The fourth-order valence-corrected chi connectivity index (χ4v) is 4.30. The number of carbonyl (C=O) groups is 1. The number of carbonyl (C=O) groups excluding carboxylic acids is 1. The summed E-state index contributed by atoms with van der Waals surface area (Å²) in [5, 5.41) is 6.56. The van der Waals surface area contributed by atoms with Crippen molar-refractivity contribution in [2.24, 2.45) is 0 Å². The van der Waals surface area contributed by atoms with Crippen LogP contribution < -0.4 is 5.32 Å². The number of ether oxygens (including phenoxy) is 1. The van der Waals surface area contributed by atoms with E-state index in [1.807, 2.05) is 36.6 Å². The van der Waals surface area contributed by atoms with Gasteiger partial charge in [0, 0.05) is 35.9 Å². The van der Waals surface area contributed by atoms with Gasteiger partial charge in [0.2, 0.25) is 0 Å². The molecule has 2 N–H and O–H groups in total. The Kier molecular flexibility index (Phi) is 4.99. The summed E-state index contributed by atoms with van der Waals surface area (Å²) in [5.41, 5.74) is 3.65. The summed E-state index contributed by atoms with van der Waals surface area (Å²) >= 11 is 1.46. The normalized spacial score (nSPS) is 20.9. The summed E-state index contributed by atoms with van der Waals surface area (Å²) in [6.07, 6.45) is 0.467. The number of anilines is 1. The second kappa shape index (κ2) is 7.42. The van der Waals surface area contributed by atoms with Crippen LogP contribution in [0.15, 0.2) is 29.6 Å². The molecule has 142 valence electrons. The number of H-pyrrole nitrogens is 1. The van der Waals surface area contributed by atoms with Crippen molar-refractivity contribution in [2.45, 2.75) is 39.5 Å². The minimum Gasteiger partial charge on any atom is -0.373 e. The fraction of sp³-hybridized carbons (Fsp3) is 0.400. The maximum absolute atomic E-state index is 12.6. The first kappa shape index (κ1) is 18.2. The van der Waals surface area contributed by atoms with Gasteiger partial charge in [0.1, 0.15) is 5.69 Å². The predicted octanol–water partition coefficient (Wildman–Crippen LogP) is 3.79. The number of amides is 1. The first-order chi connectivity index (χ1) is 13.0. The highest BCUT2D eigenvalue weighted by atomic mass is 32.1. The molecule has 3 heterocycles. The summed E-state index contributed by atoms with van der Waals surface area (Å²) in [6.45, 7) is 8.80. The van der Waals surface area contributed by atoms with Gasteiger partial charge in [0.05, 0.1) is 17.9 Å². The second-order valence-corrected chi connectivity index (χ2v) is 8.18. The number of fused-ring (bicyclic) bond motifs is 1. The Balaban J connectivity index is 1.41. The number of hydrogen-bond donors (Lipinski definition) is 2. The average molecular weight is 385 g/mol. The lowest BCUT2D eigenvalue weighted by atomic mass is 10.2. The Bertz CT molecular complexity index is 954. The lowest BCUT2D eigenvalue weighted by Crippen LogP contribution is -2.44. The Morgan fingerprint density at radius 3 is 2.89 bits per heavy atom. The molecule has 1 aliphatic heterocycles. The number of hydrogen-bond acceptors (Lipinski definition) is 5. The molecule has 1 aromatic carbocycles. The van der Waals surface area contributed by atoms with E-state index in [-0.39, 0.29) is 18.1 Å². The van der Waals surface area contributed by atoms with Gasteiger partial charge in [-0.05, 0) is 38.5 Å². The third kappa shape index (κ3) is 4.21. The van der Waals surface area contributed by atoms with Crippen molar-refractivity contribution in [3.63, 3.8) is 0 Å². The molecule has 2 aromatic heterocycles. The van der Waals surface area contributed by atoms with Crippen molar-refractivity contribution >= 4 is 33.3 Å². The molecule has 0 saturated carbocycles. The predicted molar refractivity (Wildman–Crippen MR) is 108 cm³/mol. The molecule has 27 heavy (non-hydrogen) atoms. The van der Waals surface area contributed by atoms with E-state index >= 15 is 0 Å². The molecule has 7 heteroatoms. The lowest BCUT2D eigenvalue weighted by molar-refractivity contribution is -0.0707. The van der Waals surface area contributed by atoms with Gasteiger partial charge in [-0.25, -0.2) is 4.98 Å². The zero-order valence-corrected chi connectivity index (χ0v) is 16.6. The maximum atomic E-state index is 12.6. The van der Waals surface area contributed by atoms with Crippen LogP contribution in [-0.4, -0.2) is 46.1 Å². The van der Waals surface area contributed by atoms with Crippen LogP contribution >= 0.6 is 11.3 Å². The van der Waals surface area contributed by atoms with Gasteiger partial charge in [-0.3, -0.25) is 15.0 Å². The topological polar surface area (TPSA) is 70.2 Å². The quantitative estimate of drug-likeness (QED) is 0.718. The lowest BCUT2D eigenvalue weighted by Gasteiger charge is -2.34. The first-order valence-corrected chi connectivity index (χ1v) is 10.1. The number of aryl methyl sites for hydroxylation is 1. The van der Waals surface area contributed by atoms with Crippen molar-refractivity contribution < 1.29 is 9.53 Å². The molecular weight excluding hydrogens is 360 g/mol. The van der Waals surface area contributed by atoms with Crippen molar-refractivity contribution in [1.82, 2.24) is 14.9 Å². The van der Waals surface area contributed by atoms with E-state index in [1.165, 1.54) is 11.3 Å². The summed E-state index contributed by atoms with van der Waals surface area (Å²) < 4.78 is 5.77. The van der Waals surface area contributed by atoms with Crippen LogP contribution in [0.4, 0.5) is 5.13 Å². The van der Waals surface area contributed by atoms with Gasteiger partial charge >= 0.3 is 0 Å². The molecule has 2 atom stereocenters. The third-order valence-electron chi connectivity index (χ3n) is 4.68. The molecule has 1 aliphatic rings. The number of nitrogens with zero attached hydrogens (tertiary/aromatic N) is 2. The minimum atomic E-state index is -0.168. The summed E-state index contributed by atoms with van der Waals surface area (Å²) in [4.78, 5) is 22.7. The Morgan fingerprint density at radius 2 is 2.11 bits per heavy atom. The highest BCUT2D eigenvalue weighted by Gasteiger charge is 2.23. The molecule has 0 aliphatic carbocycles.